The van der Waals surface area contributed by atoms with Crippen LogP contribution in [-0.4, -0.2) is 19.8 Å². The average molecular weight is 366 g/mol. The van der Waals surface area contributed by atoms with Crippen molar-refractivity contribution in [1.29, 1.82) is 0 Å². The van der Waals surface area contributed by atoms with E-state index in [1.54, 1.807) is 13.1 Å². The van der Waals surface area contributed by atoms with Crippen LogP contribution in [0.15, 0.2) is 64.5 Å². The maximum absolute atomic E-state index is 12.2. The van der Waals surface area contributed by atoms with Gasteiger partial charge in [0.1, 0.15) is 0 Å². The number of nitrogens with zero attached hydrogens (tertiary/aromatic N) is 1. The zero-order valence-electron chi connectivity index (χ0n) is 11.6. The standard InChI is InChI=1S/C16H16BrNO2S/c1-18(13-15-7-9-16(17)10-8-15)21(19,20)12-11-14-5-3-2-4-6-14/h2-12H,13H2,1H3. The van der Waals surface area contributed by atoms with Gasteiger partial charge in [-0.25, -0.2) is 8.42 Å². The molecule has 2 rings (SSSR count). The van der Waals surface area contributed by atoms with Crippen molar-refractivity contribution in [3.63, 3.8) is 0 Å². The van der Waals surface area contributed by atoms with Crippen LogP contribution in [0.4, 0.5) is 0 Å². The number of benzene rings is 2. The van der Waals surface area contributed by atoms with E-state index in [2.05, 4.69) is 15.9 Å². The van der Waals surface area contributed by atoms with Gasteiger partial charge in [-0.15, -0.1) is 0 Å². The fraction of sp³-hybridized carbons (Fsp3) is 0.125. The molecule has 0 amide bonds. The summed E-state index contributed by atoms with van der Waals surface area (Å²) in [5.74, 6) is 0. The molecule has 0 aromatic heterocycles. The molecule has 0 fully saturated rings. The van der Waals surface area contributed by atoms with Crippen LogP contribution in [0, 0.1) is 0 Å². The molecule has 0 bridgehead atoms. The van der Waals surface area contributed by atoms with Crippen molar-refractivity contribution in [3.8, 4) is 0 Å². The van der Waals surface area contributed by atoms with Crippen molar-refractivity contribution in [2.24, 2.45) is 0 Å². The van der Waals surface area contributed by atoms with Crippen molar-refractivity contribution >= 4 is 32.0 Å². The van der Waals surface area contributed by atoms with E-state index in [-0.39, 0.29) is 0 Å². The molecule has 0 aliphatic rings. The first-order chi connectivity index (χ1) is 9.97. The summed E-state index contributed by atoms with van der Waals surface area (Å²) in [6.07, 6.45) is 1.60. The molecule has 0 atom stereocenters. The lowest BCUT2D eigenvalue weighted by molar-refractivity contribution is 0.475. The first-order valence-electron chi connectivity index (χ1n) is 6.41. The predicted molar refractivity (Wildman–Crippen MR) is 90.0 cm³/mol. The topological polar surface area (TPSA) is 37.4 Å². The Hall–Kier alpha value is -1.43. The minimum atomic E-state index is -3.43. The molecular weight excluding hydrogens is 350 g/mol. The van der Waals surface area contributed by atoms with Gasteiger partial charge in [-0.1, -0.05) is 58.4 Å². The molecule has 0 radical (unpaired) electrons. The molecule has 21 heavy (non-hydrogen) atoms. The monoisotopic (exact) mass is 365 g/mol. The van der Waals surface area contributed by atoms with E-state index in [1.807, 2.05) is 54.6 Å². The fourth-order valence-electron chi connectivity index (χ4n) is 1.77. The first kappa shape index (κ1) is 15.9. The van der Waals surface area contributed by atoms with Gasteiger partial charge in [-0.3, -0.25) is 0 Å². The van der Waals surface area contributed by atoms with Gasteiger partial charge in [-0.2, -0.15) is 4.31 Å². The molecule has 0 saturated heterocycles. The van der Waals surface area contributed by atoms with Gasteiger partial charge >= 0.3 is 0 Å². The molecule has 0 saturated carbocycles. The SMILES string of the molecule is CN(Cc1ccc(Br)cc1)S(=O)(=O)C=Cc1ccccc1. The summed E-state index contributed by atoms with van der Waals surface area (Å²) >= 11 is 3.36. The van der Waals surface area contributed by atoms with Crippen LogP contribution >= 0.6 is 15.9 Å². The largest absolute Gasteiger partial charge is 0.236 e. The van der Waals surface area contributed by atoms with E-state index in [0.29, 0.717) is 6.54 Å². The molecule has 0 aliphatic heterocycles. The van der Waals surface area contributed by atoms with Crippen LogP contribution < -0.4 is 0 Å². The zero-order chi connectivity index (χ0) is 15.3. The molecule has 0 heterocycles. The highest BCUT2D eigenvalue weighted by Crippen LogP contribution is 2.14. The molecule has 3 nitrogen and oxygen atoms in total. The summed E-state index contributed by atoms with van der Waals surface area (Å²) < 4.78 is 26.7. The third kappa shape index (κ3) is 4.81. The summed E-state index contributed by atoms with van der Waals surface area (Å²) in [7, 11) is -1.85. The molecule has 0 spiro atoms. The molecule has 0 aliphatic carbocycles. The van der Waals surface area contributed by atoms with Crippen LogP contribution in [0.5, 0.6) is 0 Å². The van der Waals surface area contributed by atoms with Crippen LogP contribution in [0.1, 0.15) is 11.1 Å². The van der Waals surface area contributed by atoms with Gasteiger partial charge < -0.3 is 0 Å². The van der Waals surface area contributed by atoms with E-state index in [4.69, 9.17) is 0 Å². The predicted octanol–water partition coefficient (Wildman–Crippen LogP) is 3.88. The number of rotatable bonds is 5. The van der Waals surface area contributed by atoms with Crippen molar-refractivity contribution < 1.29 is 8.42 Å². The van der Waals surface area contributed by atoms with Crippen LogP contribution in [0.2, 0.25) is 0 Å². The van der Waals surface area contributed by atoms with E-state index in [9.17, 15) is 8.42 Å². The first-order valence-corrected chi connectivity index (χ1v) is 8.71. The molecular formula is C16H16BrNO2S. The number of halogens is 1. The normalized spacial score (nSPS) is 12.1. The Kier molecular flexibility index (Phi) is 5.33. The Bertz CT molecular complexity index is 710. The highest BCUT2D eigenvalue weighted by Gasteiger charge is 2.14. The third-order valence-corrected chi connectivity index (χ3v) is 4.99. The molecule has 2 aromatic rings. The molecule has 5 heteroatoms. The molecule has 0 N–H and O–H groups in total. The maximum Gasteiger partial charge on any atom is 0.236 e. The number of sulfonamides is 1. The van der Waals surface area contributed by atoms with E-state index < -0.39 is 10.0 Å². The van der Waals surface area contributed by atoms with Crippen molar-refractivity contribution in [1.82, 2.24) is 4.31 Å². The maximum atomic E-state index is 12.2. The second kappa shape index (κ2) is 7.02. The fourth-order valence-corrected chi connectivity index (χ4v) is 2.90. The average Bonchev–Trinajstić information content (AvgIpc) is 2.48. The van der Waals surface area contributed by atoms with Gasteiger partial charge in [0.05, 0.1) is 0 Å². The Balaban J connectivity index is 2.08. The van der Waals surface area contributed by atoms with Crippen LogP contribution in [0.3, 0.4) is 0 Å². The lowest BCUT2D eigenvalue weighted by Gasteiger charge is -2.14. The molecule has 2 aromatic carbocycles. The van der Waals surface area contributed by atoms with Crippen molar-refractivity contribution in [3.05, 3.63) is 75.6 Å². The minimum Gasteiger partial charge on any atom is -0.208 e. The molecule has 110 valence electrons. The van der Waals surface area contributed by atoms with E-state index >= 15 is 0 Å². The Morgan fingerprint density at radius 3 is 2.29 bits per heavy atom. The lowest BCUT2D eigenvalue weighted by Crippen LogP contribution is -2.24. The second-order valence-electron chi connectivity index (χ2n) is 4.64. The van der Waals surface area contributed by atoms with Gasteiger partial charge in [0, 0.05) is 23.5 Å². The number of hydrogen-bond donors (Lipinski definition) is 0. The van der Waals surface area contributed by atoms with E-state index in [1.165, 1.54) is 9.71 Å². The highest BCUT2D eigenvalue weighted by atomic mass is 79.9. The lowest BCUT2D eigenvalue weighted by atomic mass is 10.2. The van der Waals surface area contributed by atoms with Gasteiger partial charge in [0.25, 0.3) is 0 Å². The van der Waals surface area contributed by atoms with Gasteiger partial charge in [0.2, 0.25) is 10.0 Å². The summed E-state index contributed by atoms with van der Waals surface area (Å²) in [4.78, 5) is 0. The van der Waals surface area contributed by atoms with E-state index in [0.717, 1.165) is 15.6 Å². The summed E-state index contributed by atoms with van der Waals surface area (Å²) in [6.45, 7) is 0.342. The van der Waals surface area contributed by atoms with Crippen molar-refractivity contribution in [2.75, 3.05) is 7.05 Å². The third-order valence-electron chi connectivity index (χ3n) is 2.98. The Morgan fingerprint density at radius 2 is 1.67 bits per heavy atom. The van der Waals surface area contributed by atoms with Crippen molar-refractivity contribution in [2.45, 2.75) is 6.54 Å². The summed E-state index contributed by atoms with van der Waals surface area (Å²) in [6, 6.07) is 17.0. The quantitative estimate of drug-likeness (QED) is 0.805. The van der Waals surface area contributed by atoms with Crippen LogP contribution in [-0.2, 0) is 16.6 Å². The summed E-state index contributed by atoms with van der Waals surface area (Å²) in [5, 5.41) is 1.24. The highest BCUT2D eigenvalue weighted by molar-refractivity contribution is 9.10. The smallest absolute Gasteiger partial charge is 0.208 e. The summed E-state index contributed by atoms with van der Waals surface area (Å²) in [5.41, 5.74) is 1.80. The van der Waals surface area contributed by atoms with Gasteiger partial charge in [-0.05, 0) is 29.3 Å². The van der Waals surface area contributed by atoms with Crippen LogP contribution in [0.25, 0.3) is 6.08 Å². The molecule has 0 unspecified atom stereocenters. The second-order valence-corrected chi connectivity index (χ2v) is 7.48. The number of hydrogen-bond acceptors (Lipinski definition) is 2. The zero-order valence-corrected chi connectivity index (χ0v) is 14.0. The minimum absolute atomic E-state index is 0.342. The van der Waals surface area contributed by atoms with Gasteiger partial charge in [0.15, 0.2) is 0 Å². The Labute approximate surface area is 134 Å². The Morgan fingerprint density at radius 1 is 1.05 bits per heavy atom.